The van der Waals surface area contributed by atoms with Crippen molar-refractivity contribution in [3.8, 4) is 6.07 Å². The van der Waals surface area contributed by atoms with Gasteiger partial charge in [-0.05, 0) is 45.2 Å². The third kappa shape index (κ3) is 4.11. The molecule has 3 nitrogen and oxygen atoms in total. The maximum absolute atomic E-state index is 9.01. The third-order valence-electron chi connectivity index (χ3n) is 3.69. The van der Waals surface area contributed by atoms with Crippen LogP contribution in [-0.4, -0.2) is 37.1 Å². The maximum Gasteiger partial charge on any atom is 0.108 e. The summed E-state index contributed by atoms with van der Waals surface area (Å²) >= 11 is 0. The SMILES string of the molecule is CCNC(C#N)CN(C)C1CCC(C)CC1. The van der Waals surface area contributed by atoms with Crippen LogP contribution < -0.4 is 5.32 Å². The average Bonchev–Trinajstić information content (AvgIpc) is 2.29. The zero-order valence-corrected chi connectivity index (χ0v) is 10.9. The molecular weight excluding hydrogens is 198 g/mol. The van der Waals surface area contributed by atoms with Crippen molar-refractivity contribution in [2.24, 2.45) is 5.92 Å². The fraction of sp³-hybridized carbons (Fsp3) is 0.923. The lowest BCUT2D eigenvalue weighted by Gasteiger charge is -2.34. The highest BCUT2D eigenvalue weighted by molar-refractivity contribution is 4.92. The van der Waals surface area contributed by atoms with Crippen LogP contribution in [0, 0.1) is 17.2 Å². The molecule has 0 spiro atoms. The Kier molecular flexibility index (Phi) is 5.79. The molecule has 0 aliphatic heterocycles. The molecule has 0 aromatic rings. The van der Waals surface area contributed by atoms with E-state index in [-0.39, 0.29) is 6.04 Å². The van der Waals surface area contributed by atoms with E-state index in [1.165, 1.54) is 25.7 Å². The molecule has 1 unspecified atom stereocenters. The van der Waals surface area contributed by atoms with Gasteiger partial charge in [0.05, 0.1) is 6.07 Å². The lowest BCUT2D eigenvalue weighted by atomic mass is 9.86. The lowest BCUT2D eigenvalue weighted by molar-refractivity contribution is 0.164. The average molecular weight is 223 g/mol. The first-order valence-electron chi connectivity index (χ1n) is 6.50. The molecule has 0 amide bonds. The molecule has 1 aliphatic carbocycles. The van der Waals surface area contributed by atoms with Crippen LogP contribution in [-0.2, 0) is 0 Å². The van der Waals surface area contributed by atoms with Gasteiger partial charge in [0.2, 0.25) is 0 Å². The molecule has 16 heavy (non-hydrogen) atoms. The van der Waals surface area contributed by atoms with Gasteiger partial charge in [0, 0.05) is 12.6 Å². The summed E-state index contributed by atoms with van der Waals surface area (Å²) in [6.45, 7) is 6.11. The van der Waals surface area contributed by atoms with E-state index in [0.29, 0.717) is 6.04 Å². The zero-order chi connectivity index (χ0) is 12.0. The second kappa shape index (κ2) is 6.88. The molecule has 0 bridgehead atoms. The normalized spacial score (nSPS) is 27.7. The van der Waals surface area contributed by atoms with E-state index in [1.807, 2.05) is 6.92 Å². The highest BCUT2D eigenvalue weighted by atomic mass is 15.2. The minimum atomic E-state index is -0.0191. The van der Waals surface area contributed by atoms with Gasteiger partial charge in [0.15, 0.2) is 0 Å². The number of nitriles is 1. The summed E-state index contributed by atoms with van der Waals surface area (Å²) in [5.41, 5.74) is 0. The Hall–Kier alpha value is -0.590. The summed E-state index contributed by atoms with van der Waals surface area (Å²) < 4.78 is 0. The predicted molar refractivity (Wildman–Crippen MR) is 67.1 cm³/mol. The van der Waals surface area contributed by atoms with Gasteiger partial charge >= 0.3 is 0 Å². The first kappa shape index (κ1) is 13.5. The molecule has 1 N–H and O–H groups in total. The van der Waals surface area contributed by atoms with Crippen molar-refractivity contribution in [2.45, 2.75) is 51.6 Å². The third-order valence-corrected chi connectivity index (χ3v) is 3.69. The number of nitrogens with one attached hydrogen (secondary N) is 1. The van der Waals surface area contributed by atoms with E-state index in [9.17, 15) is 0 Å². The Labute approximate surface area is 99.8 Å². The van der Waals surface area contributed by atoms with Crippen LogP contribution in [0.5, 0.6) is 0 Å². The van der Waals surface area contributed by atoms with Crippen molar-refractivity contribution >= 4 is 0 Å². The molecule has 0 aromatic heterocycles. The van der Waals surface area contributed by atoms with Gasteiger partial charge in [-0.3, -0.25) is 0 Å². The largest absolute Gasteiger partial charge is 0.301 e. The second-order valence-electron chi connectivity index (χ2n) is 5.09. The van der Waals surface area contributed by atoms with Crippen molar-refractivity contribution in [3.05, 3.63) is 0 Å². The fourth-order valence-electron chi connectivity index (χ4n) is 2.52. The minimum absolute atomic E-state index is 0.0191. The van der Waals surface area contributed by atoms with Crippen molar-refractivity contribution in [1.29, 1.82) is 5.26 Å². The Morgan fingerprint density at radius 2 is 2.00 bits per heavy atom. The smallest absolute Gasteiger partial charge is 0.108 e. The van der Waals surface area contributed by atoms with Crippen LogP contribution >= 0.6 is 0 Å². The number of hydrogen-bond donors (Lipinski definition) is 1. The summed E-state index contributed by atoms with van der Waals surface area (Å²) in [4.78, 5) is 2.36. The van der Waals surface area contributed by atoms with Crippen LogP contribution in [0.1, 0.15) is 39.5 Å². The van der Waals surface area contributed by atoms with Crippen LogP contribution in [0.4, 0.5) is 0 Å². The van der Waals surface area contributed by atoms with Gasteiger partial charge in [0.25, 0.3) is 0 Å². The summed E-state index contributed by atoms with van der Waals surface area (Å²) in [5, 5.41) is 12.2. The number of rotatable bonds is 5. The van der Waals surface area contributed by atoms with E-state index < -0.39 is 0 Å². The molecule has 1 fully saturated rings. The minimum Gasteiger partial charge on any atom is -0.301 e. The fourth-order valence-corrected chi connectivity index (χ4v) is 2.52. The summed E-state index contributed by atoms with van der Waals surface area (Å²) in [5.74, 6) is 0.894. The molecule has 1 saturated carbocycles. The van der Waals surface area contributed by atoms with E-state index in [4.69, 9.17) is 5.26 Å². The van der Waals surface area contributed by atoms with Crippen LogP contribution in [0.15, 0.2) is 0 Å². The van der Waals surface area contributed by atoms with Crippen molar-refractivity contribution < 1.29 is 0 Å². The van der Waals surface area contributed by atoms with E-state index in [2.05, 4.69) is 30.3 Å². The molecule has 1 rings (SSSR count). The lowest BCUT2D eigenvalue weighted by Crippen LogP contribution is -2.44. The van der Waals surface area contributed by atoms with Crippen LogP contribution in [0.25, 0.3) is 0 Å². The topological polar surface area (TPSA) is 39.1 Å². The molecule has 92 valence electrons. The first-order chi connectivity index (χ1) is 7.67. The molecule has 1 atom stereocenters. The molecule has 3 heteroatoms. The molecular formula is C13H25N3. The van der Waals surface area contributed by atoms with Gasteiger partial charge in [-0.15, -0.1) is 0 Å². The first-order valence-corrected chi connectivity index (χ1v) is 6.50. The zero-order valence-electron chi connectivity index (χ0n) is 10.9. The molecule has 0 aromatic carbocycles. The monoisotopic (exact) mass is 223 g/mol. The Morgan fingerprint density at radius 1 is 1.38 bits per heavy atom. The predicted octanol–water partition coefficient (Wildman–Crippen LogP) is 2.00. The molecule has 0 heterocycles. The van der Waals surface area contributed by atoms with Crippen LogP contribution in [0.2, 0.25) is 0 Å². The van der Waals surface area contributed by atoms with E-state index in [0.717, 1.165) is 19.0 Å². The highest BCUT2D eigenvalue weighted by Crippen LogP contribution is 2.26. The highest BCUT2D eigenvalue weighted by Gasteiger charge is 2.23. The quantitative estimate of drug-likeness (QED) is 0.775. The van der Waals surface area contributed by atoms with Gasteiger partial charge in [-0.1, -0.05) is 13.8 Å². The number of nitrogens with zero attached hydrogens (tertiary/aromatic N) is 2. The molecule has 1 aliphatic rings. The van der Waals surface area contributed by atoms with Crippen molar-refractivity contribution in [2.75, 3.05) is 20.1 Å². The van der Waals surface area contributed by atoms with E-state index in [1.54, 1.807) is 0 Å². The Bertz CT molecular complexity index is 226. The van der Waals surface area contributed by atoms with Crippen LogP contribution in [0.3, 0.4) is 0 Å². The van der Waals surface area contributed by atoms with Crippen molar-refractivity contribution in [3.63, 3.8) is 0 Å². The molecule has 0 saturated heterocycles. The number of likely N-dealkylation sites (N-methyl/N-ethyl adjacent to an activating group) is 2. The van der Waals surface area contributed by atoms with Gasteiger partial charge in [-0.2, -0.15) is 5.26 Å². The summed E-state index contributed by atoms with van der Waals surface area (Å²) in [6, 6.07) is 3.00. The summed E-state index contributed by atoms with van der Waals surface area (Å²) in [7, 11) is 2.16. The Balaban J connectivity index is 2.33. The van der Waals surface area contributed by atoms with Gasteiger partial charge < -0.3 is 10.2 Å². The van der Waals surface area contributed by atoms with Gasteiger partial charge in [0.1, 0.15) is 6.04 Å². The Morgan fingerprint density at radius 3 is 2.50 bits per heavy atom. The standard InChI is InChI=1S/C13H25N3/c1-4-15-12(9-14)10-16(3)13-7-5-11(2)6-8-13/h11-13,15H,4-8,10H2,1-3H3. The number of hydrogen-bond acceptors (Lipinski definition) is 3. The summed E-state index contributed by atoms with van der Waals surface area (Å²) in [6.07, 6.45) is 5.27. The second-order valence-corrected chi connectivity index (χ2v) is 5.09. The van der Waals surface area contributed by atoms with E-state index >= 15 is 0 Å². The molecule has 0 radical (unpaired) electrons. The van der Waals surface area contributed by atoms with Gasteiger partial charge in [-0.25, -0.2) is 0 Å². The maximum atomic E-state index is 9.01. The van der Waals surface area contributed by atoms with Crippen molar-refractivity contribution in [1.82, 2.24) is 10.2 Å².